The van der Waals surface area contributed by atoms with Crippen molar-refractivity contribution in [3.8, 4) is 0 Å². The van der Waals surface area contributed by atoms with Gasteiger partial charge in [-0.15, -0.1) is 0 Å². The molecular weight excluding hydrogens is 208 g/mol. The SMILES string of the molecule is CC(C)N1CC(C(=O)O)CNS1(=O)=O. The van der Waals surface area contributed by atoms with Crippen molar-refractivity contribution in [2.45, 2.75) is 19.9 Å². The Balaban J connectivity index is 2.83. The molecule has 1 aliphatic heterocycles. The highest BCUT2D eigenvalue weighted by Crippen LogP contribution is 2.14. The lowest BCUT2D eigenvalue weighted by Crippen LogP contribution is -2.55. The number of carboxylic acids is 1. The minimum Gasteiger partial charge on any atom is -0.481 e. The van der Waals surface area contributed by atoms with Crippen LogP contribution in [0, 0.1) is 5.92 Å². The predicted molar refractivity (Wildman–Crippen MR) is 49.9 cm³/mol. The Morgan fingerprint density at radius 2 is 2.14 bits per heavy atom. The second kappa shape index (κ2) is 3.84. The second-order valence-corrected chi connectivity index (χ2v) is 5.26. The van der Waals surface area contributed by atoms with Gasteiger partial charge in [0.25, 0.3) is 10.2 Å². The third kappa shape index (κ3) is 2.23. The van der Waals surface area contributed by atoms with Crippen LogP contribution in [0.5, 0.6) is 0 Å². The molecule has 1 unspecified atom stereocenters. The summed E-state index contributed by atoms with van der Waals surface area (Å²) in [6.07, 6.45) is 0. The van der Waals surface area contributed by atoms with Crippen LogP contribution in [0.15, 0.2) is 0 Å². The lowest BCUT2D eigenvalue weighted by Gasteiger charge is -2.33. The van der Waals surface area contributed by atoms with Crippen molar-refractivity contribution >= 4 is 16.2 Å². The van der Waals surface area contributed by atoms with Gasteiger partial charge in [0, 0.05) is 19.1 Å². The molecule has 82 valence electrons. The van der Waals surface area contributed by atoms with E-state index in [2.05, 4.69) is 4.72 Å². The van der Waals surface area contributed by atoms with Gasteiger partial charge < -0.3 is 5.11 Å². The zero-order chi connectivity index (χ0) is 10.9. The van der Waals surface area contributed by atoms with E-state index in [1.54, 1.807) is 13.8 Å². The Labute approximate surface area is 83.1 Å². The number of nitrogens with zero attached hydrogens (tertiary/aromatic N) is 1. The first-order chi connectivity index (χ1) is 6.34. The summed E-state index contributed by atoms with van der Waals surface area (Å²) in [6.45, 7) is 3.44. The molecular formula is C7H14N2O4S. The van der Waals surface area contributed by atoms with Crippen LogP contribution in [0.1, 0.15) is 13.8 Å². The van der Waals surface area contributed by atoms with Gasteiger partial charge in [-0.3, -0.25) is 4.79 Å². The third-order valence-corrected chi connectivity index (χ3v) is 3.87. The highest BCUT2D eigenvalue weighted by Gasteiger charge is 2.35. The van der Waals surface area contributed by atoms with Gasteiger partial charge in [0.1, 0.15) is 0 Å². The molecule has 1 fully saturated rings. The molecule has 0 amide bonds. The van der Waals surface area contributed by atoms with Gasteiger partial charge >= 0.3 is 5.97 Å². The summed E-state index contributed by atoms with van der Waals surface area (Å²) in [5.74, 6) is -1.64. The van der Waals surface area contributed by atoms with Crippen LogP contribution in [0.2, 0.25) is 0 Å². The fourth-order valence-electron chi connectivity index (χ4n) is 1.32. The van der Waals surface area contributed by atoms with Crippen molar-refractivity contribution in [2.75, 3.05) is 13.1 Å². The van der Waals surface area contributed by atoms with Gasteiger partial charge in [-0.1, -0.05) is 0 Å². The van der Waals surface area contributed by atoms with Crippen LogP contribution < -0.4 is 4.72 Å². The van der Waals surface area contributed by atoms with Crippen molar-refractivity contribution in [2.24, 2.45) is 5.92 Å². The van der Waals surface area contributed by atoms with Crippen LogP contribution in [0.4, 0.5) is 0 Å². The quantitative estimate of drug-likeness (QED) is 0.643. The summed E-state index contributed by atoms with van der Waals surface area (Å²) in [5.41, 5.74) is 0. The maximum absolute atomic E-state index is 11.4. The average molecular weight is 222 g/mol. The van der Waals surface area contributed by atoms with Crippen molar-refractivity contribution < 1.29 is 18.3 Å². The predicted octanol–water partition coefficient (Wildman–Crippen LogP) is -0.754. The monoisotopic (exact) mass is 222 g/mol. The molecule has 1 rings (SSSR count). The zero-order valence-corrected chi connectivity index (χ0v) is 8.91. The van der Waals surface area contributed by atoms with E-state index in [4.69, 9.17) is 5.11 Å². The van der Waals surface area contributed by atoms with E-state index in [0.29, 0.717) is 0 Å². The number of carboxylic acid groups (broad SMARTS) is 1. The molecule has 0 aromatic carbocycles. The van der Waals surface area contributed by atoms with Crippen LogP contribution in [-0.2, 0) is 15.0 Å². The molecule has 1 aliphatic rings. The van der Waals surface area contributed by atoms with Crippen molar-refractivity contribution in [1.29, 1.82) is 0 Å². The molecule has 2 N–H and O–H groups in total. The van der Waals surface area contributed by atoms with Crippen LogP contribution >= 0.6 is 0 Å². The normalized spacial score (nSPS) is 27.8. The largest absolute Gasteiger partial charge is 0.481 e. The number of aliphatic carboxylic acids is 1. The molecule has 0 aromatic rings. The molecule has 0 aliphatic carbocycles. The summed E-state index contributed by atoms with van der Waals surface area (Å²) in [7, 11) is -3.47. The van der Waals surface area contributed by atoms with Gasteiger partial charge in [0.05, 0.1) is 5.92 Å². The molecule has 0 bridgehead atoms. The van der Waals surface area contributed by atoms with Crippen LogP contribution in [0.3, 0.4) is 0 Å². The summed E-state index contributed by atoms with van der Waals surface area (Å²) < 4.78 is 26.2. The molecule has 0 saturated carbocycles. The van der Waals surface area contributed by atoms with Gasteiger partial charge in [-0.05, 0) is 13.8 Å². The van der Waals surface area contributed by atoms with E-state index in [0.717, 1.165) is 4.31 Å². The lowest BCUT2D eigenvalue weighted by molar-refractivity contribution is -0.142. The van der Waals surface area contributed by atoms with E-state index in [-0.39, 0.29) is 19.1 Å². The minimum atomic E-state index is -3.47. The van der Waals surface area contributed by atoms with E-state index >= 15 is 0 Å². The Kier molecular flexibility index (Phi) is 3.13. The first-order valence-electron chi connectivity index (χ1n) is 4.34. The molecule has 14 heavy (non-hydrogen) atoms. The molecule has 6 nitrogen and oxygen atoms in total. The number of rotatable bonds is 2. The number of carbonyl (C=O) groups is 1. The number of hydrogen-bond donors (Lipinski definition) is 2. The molecule has 0 spiro atoms. The summed E-state index contributed by atoms with van der Waals surface area (Å²) >= 11 is 0. The lowest BCUT2D eigenvalue weighted by atomic mass is 10.1. The Bertz CT molecular complexity index is 325. The smallest absolute Gasteiger partial charge is 0.309 e. The van der Waals surface area contributed by atoms with E-state index in [9.17, 15) is 13.2 Å². The Hall–Kier alpha value is -0.660. The standard InChI is InChI=1S/C7H14N2O4S/c1-5(2)9-4-6(7(10)11)3-8-14(9,12)13/h5-6,8H,3-4H2,1-2H3,(H,10,11). The van der Waals surface area contributed by atoms with Gasteiger partial charge in [-0.2, -0.15) is 12.7 Å². The first-order valence-corrected chi connectivity index (χ1v) is 5.78. The fraction of sp³-hybridized carbons (Fsp3) is 0.857. The summed E-state index contributed by atoms with van der Waals surface area (Å²) in [6, 6.07) is -0.227. The number of nitrogens with one attached hydrogen (secondary N) is 1. The third-order valence-electron chi connectivity index (χ3n) is 2.15. The second-order valence-electron chi connectivity index (χ2n) is 3.55. The minimum absolute atomic E-state index is 0.0269. The van der Waals surface area contributed by atoms with Crippen molar-refractivity contribution in [1.82, 2.24) is 9.03 Å². The molecule has 7 heteroatoms. The molecule has 1 atom stereocenters. The average Bonchev–Trinajstić information content (AvgIpc) is 2.02. The van der Waals surface area contributed by atoms with Crippen LogP contribution in [0.25, 0.3) is 0 Å². The Morgan fingerprint density at radius 1 is 1.57 bits per heavy atom. The van der Waals surface area contributed by atoms with E-state index in [1.165, 1.54) is 0 Å². The number of hydrogen-bond acceptors (Lipinski definition) is 3. The van der Waals surface area contributed by atoms with Gasteiger partial charge in [0.15, 0.2) is 0 Å². The van der Waals surface area contributed by atoms with E-state index < -0.39 is 22.1 Å². The molecule has 0 aromatic heterocycles. The molecule has 0 radical (unpaired) electrons. The van der Waals surface area contributed by atoms with Crippen molar-refractivity contribution in [3.63, 3.8) is 0 Å². The highest BCUT2D eigenvalue weighted by molar-refractivity contribution is 7.87. The highest BCUT2D eigenvalue weighted by atomic mass is 32.2. The maximum Gasteiger partial charge on any atom is 0.309 e. The van der Waals surface area contributed by atoms with E-state index in [1.807, 2.05) is 0 Å². The summed E-state index contributed by atoms with van der Waals surface area (Å²) in [4.78, 5) is 10.7. The van der Waals surface area contributed by atoms with Crippen molar-refractivity contribution in [3.05, 3.63) is 0 Å². The van der Waals surface area contributed by atoms with Gasteiger partial charge in [-0.25, -0.2) is 4.72 Å². The first kappa shape index (κ1) is 11.4. The fourth-order valence-corrected chi connectivity index (χ4v) is 2.83. The van der Waals surface area contributed by atoms with Gasteiger partial charge in [0.2, 0.25) is 0 Å². The molecule has 1 heterocycles. The van der Waals surface area contributed by atoms with Crippen LogP contribution in [-0.4, -0.2) is 42.9 Å². The Morgan fingerprint density at radius 3 is 2.57 bits per heavy atom. The maximum atomic E-state index is 11.4. The zero-order valence-electron chi connectivity index (χ0n) is 8.10. The topological polar surface area (TPSA) is 86.7 Å². The summed E-state index contributed by atoms with van der Waals surface area (Å²) in [5, 5.41) is 8.75. The molecule has 1 saturated heterocycles.